The minimum Gasteiger partial charge on any atom is -0.498 e. The van der Waals surface area contributed by atoms with Crippen LogP contribution in [-0.2, 0) is 27.9 Å². The Morgan fingerprint density at radius 1 is 0.706 bits per heavy atom. The Hall–Kier alpha value is -2.00. The highest BCUT2D eigenvalue weighted by Crippen LogP contribution is 2.43. The maximum atomic E-state index is 12.5. The zero-order chi connectivity index (χ0) is 37.5. The number of hydrogen-bond donors (Lipinski definition) is 3. The number of carbonyl (C=O) groups excluding carboxylic acids is 1. The molecule has 0 fully saturated rings. The number of nitrogens with two attached hydrogens (primary N) is 1. The van der Waals surface area contributed by atoms with Crippen molar-refractivity contribution >= 4 is 13.8 Å². The van der Waals surface area contributed by atoms with Crippen LogP contribution < -0.4 is 5.73 Å². The van der Waals surface area contributed by atoms with Gasteiger partial charge in [0, 0.05) is 13.0 Å². The number of phosphoric ester groups is 1. The van der Waals surface area contributed by atoms with Crippen LogP contribution in [0, 0.1) is 0 Å². The fourth-order valence-corrected chi connectivity index (χ4v) is 5.89. The van der Waals surface area contributed by atoms with Gasteiger partial charge >= 0.3 is 13.8 Å². The third-order valence-corrected chi connectivity index (χ3v) is 9.09. The molecule has 0 bridgehead atoms. The summed E-state index contributed by atoms with van der Waals surface area (Å²) in [6.07, 6.45) is 42.3. The van der Waals surface area contributed by atoms with Crippen molar-refractivity contribution in [3.63, 3.8) is 0 Å². The molecule has 3 atom stereocenters. The molecule has 0 aromatic rings. The van der Waals surface area contributed by atoms with E-state index in [-0.39, 0.29) is 38.9 Å². The molecular weight excluding hydrogens is 665 g/mol. The quantitative estimate of drug-likeness (QED) is 0.0142. The van der Waals surface area contributed by atoms with Gasteiger partial charge in [-0.1, -0.05) is 152 Å². The van der Waals surface area contributed by atoms with E-state index in [0.29, 0.717) is 6.42 Å². The molecule has 0 aliphatic carbocycles. The fourth-order valence-electron chi connectivity index (χ4n) is 5.12. The highest BCUT2D eigenvalue weighted by molar-refractivity contribution is 7.47. The average Bonchev–Trinajstić information content (AvgIpc) is 3.11. The Kier molecular flexibility index (Phi) is 36.3. The van der Waals surface area contributed by atoms with Crippen molar-refractivity contribution in [3.8, 4) is 0 Å². The maximum absolute atomic E-state index is 12.5. The van der Waals surface area contributed by atoms with Gasteiger partial charge in [-0.15, -0.1) is 0 Å². The number of ether oxygens (including phenoxy) is 2. The third-order valence-electron chi connectivity index (χ3n) is 8.11. The Morgan fingerprint density at radius 2 is 1.29 bits per heavy atom. The second-order valence-electron chi connectivity index (χ2n) is 13.1. The molecule has 51 heavy (non-hydrogen) atoms. The van der Waals surface area contributed by atoms with E-state index in [1.165, 1.54) is 70.6 Å². The number of carbonyl (C=O) groups is 1. The van der Waals surface area contributed by atoms with Crippen molar-refractivity contribution in [2.24, 2.45) is 5.73 Å². The second kappa shape index (κ2) is 37.7. The molecule has 0 aliphatic heterocycles. The summed E-state index contributed by atoms with van der Waals surface area (Å²) in [5, 5.41) is 9.88. The Morgan fingerprint density at radius 3 is 1.96 bits per heavy atom. The smallest absolute Gasteiger partial charge is 0.472 e. The summed E-state index contributed by atoms with van der Waals surface area (Å²) in [6.45, 7) is 4.02. The summed E-state index contributed by atoms with van der Waals surface area (Å²) in [5.41, 5.74) is 5.34. The van der Waals surface area contributed by atoms with E-state index in [2.05, 4.69) is 32.1 Å². The number of unbranched alkanes of at least 4 members (excludes halogenated alkanes) is 15. The molecule has 0 saturated carbocycles. The average molecular weight is 740 g/mol. The first-order chi connectivity index (χ1) is 24.8. The molecule has 10 heteroatoms. The van der Waals surface area contributed by atoms with Gasteiger partial charge in [0.2, 0.25) is 0 Å². The molecule has 0 aromatic heterocycles. The third kappa shape index (κ3) is 37.6. The number of aliphatic hydroxyl groups is 1. The molecule has 0 heterocycles. The first kappa shape index (κ1) is 49.0. The molecule has 0 saturated heterocycles. The van der Waals surface area contributed by atoms with Crippen molar-refractivity contribution in [1.29, 1.82) is 0 Å². The topological polar surface area (TPSA) is 138 Å². The normalized spacial score (nSPS) is 14.8. The van der Waals surface area contributed by atoms with Crippen molar-refractivity contribution < 1.29 is 37.9 Å². The summed E-state index contributed by atoms with van der Waals surface area (Å²) < 4.78 is 33.0. The van der Waals surface area contributed by atoms with Crippen molar-refractivity contribution in [3.05, 3.63) is 60.9 Å². The predicted molar refractivity (Wildman–Crippen MR) is 211 cm³/mol. The van der Waals surface area contributed by atoms with Crippen molar-refractivity contribution in [1.82, 2.24) is 0 Å². The molecule has 0 aromatic carbocycles. The number of aliphatic hydroxyl groups excluding tert-OH is 1. The molecule has 0 amide bonds. The minimum absolute atomic E-state index is 0.00368. The van der Waals surface area contributed by atoms with Gasteiger partial charge in [-0.05, 0) is 51.0 Å². The van der Waals surface area contributed by atoms with Crippen LogP contribution in [0.1, 0.15) is 155 Å². The number of phosphoric acid groups is 1. The van der Waals surface area contributed by atoms with Gasteiger partial charge in [0.25, 0.3) is 0 Å². The zero-order valence-electron chi connectivity index (χ0n) is 32.2. The Bertz CT molecular complexity index is 981. The van der Waals surface area contributed by atoms with Gasteiger partial charge in [-0.25, -0.2) is 4.57 Å². The second-order valence-corrected chi connectivity index (χ2v) is 14.5. The Labute approximate surface area is 311 Å². The van der Waals surface area contributed by atoms with Crippen LogP contribution in [0.15, 0.2) is 60.9 Å². The van der Waals surface area contributed by atoms with E-state index in [1.807, 2.05) is 36.5 Å². The van der Waals surface area contributed by atoms with Crippen LogP contribution >= 0.6 is 7.82 Å². The van der Waals surface area contributed by atoms with Gasteiger partial charge in [-0.3, -0.25) is 13.8 Å². The summed E-state index contributed by atoms with van der Waals surface area (Å²) >= 11 is 0. The lowest BCUT2D eigenvalue weighted by Crippen LogP contribution is -2.27. The lowest BCUT2D eigenvalue weighted by Gasteiger charge is -2.19. The molecule has 1 unspecified atom stereocenters. The van der Waals surface area contributed by atoms with E-state index >= 15 is 0 Å². The van der Waals surface area contributed by atoms with Crippen LogP contribution in [0.2, 0.25) is 0 Å². The molecule has 0 rings (SSSR count). The SMILES string of the molecule is CCCCCCCCCCCCCC/C=C\OC[C@H](COP(=O)(O)OCCN)OC(=O)CCC/C=C\C/C=C\C/C=C\C=C\[C@@H](O)CCCCC. The van der Waals surface area contributed by atoms with Gasteiger partial charge in [0.15, 0.2) is 6.10 Å². The number of esters is 1. The van der Waals surface area contributed by atoms with Gasteiger partial charge in [-0.2, -0.15) is 0 Å². The van der Waals surface area contributed by atoms with E-state index < -0.39 is 19.9 Å². The monoisotopic (exact) mass is 740 g/mol. The largest absolute Gasteiger partial charge is 0.498 e. The van der Waals surface area contributed by atoms with Crippen LogP contribution in [0.4, 0.5) is 0 Å². The van der Waals surface area contributed by atoms with Gasteiger partial charge in [0.1, 0.15) is 6.61 Å². The summed E-state index contributed by atoms with van der Waals surface area (Å²) in [6, 6.07) is 0. The number of hydrogen-bond acceptors (Lipinski definition) is 8. The van der Waals surface area contributed by atoms with E-state index in [9.17, 15) is 19.4 Å². The standard InChI is InChI=1S/C41H74NO8P/c1-3-5-7-8-9-10-11-12-13-17-20-23-26-30-35-47-37-40(38-49-51(45,46)48-36-34-42)50-41(44)33-29-25-22-19-16-14-15-18-21-24-28-32-39(43)31-27-6-4-2/h14-15,19,21-22,24,28,30,32,35,39-40,43H,3-13,16-18,20,23,25-27,29,31,33-34,36-38,42H2,1-2H3,(H,45,46)/b15-14-,22-19-,24-21-,32-28+,35-30-/t39-,40+/m0/s1. The van der Waals surface area contributed by atoms with Crippen molar-refractivity contribution in [2.45, 2.75) is 167 Å². The highest BCUT2D eigenvalue weighted by atomic mass is 31.2. The summed E-state index contributed by atoms with van der Waals surface area (Å²) in [7, 11) is -4.32. The van der Waals surface area contributed by atoms with Crippen LogP contribution in [0.5, 0.6) is 0 Å². The molecule has 0 spiro atoms. The lowest BCUT2D eigenvalue weighted by molar-refractivity contribution is -0.153. The first-order valence-corrected chi connectivity index (χ1v) is 21.4. The zero-order valence-corrected chi connectivity index (χ0v) is 33.1. The van der Waals surface area contributed by atoms with Gasteiger partial charge < -0.3 is 25.2 Å². The van der Waals surface area contributed by atoms with E-state index in [4.69, 9.17) is 24.3 Å². The molecule has 4 N–H and O–H groups in total. The fraction of sp³-hybridized carbons (Fsp3) is 0.732. The molecular formula is C41H74NO8P. The van der Waals surface area contributed by atoms with Gasteiger partial charge in [0.05, 0.1) is 25.6 Å². The van der Waals surface area contributed by atoms with Crippen molar-refractivity contribution in [2.75, 3.05) is 26.4 Å². The summed E-state index contributed by atoms with van der Waals surface area (Å²) in [4.78, 5) is 22.4. The lowest BCUT2D eigenvalue weighted by atomic mass is 10.0. The predicted octanol–water partition coefficient (Wildman–Crippen LogP) is 10.7. The maximum Gasteiger partial charge on any atom is 0.472 e. The van der Waals surface area contributed by atoms with E-state index in [1.54, 1.807) is 6.26 Å². The molecule has 296 valence electrons. The van der Waals surface area contributed by atoms with E-state index in [0.717, 1.165) is 57.8 Å². The number of allylic oxidation sites excluding steroid dienone is 8. The molecule has 9 nitrogen and oxygen atoms in total. The highest BCUT2D eigenvalue weighted by Gasteiger charge is 2.25. The van der Waals surface area contributed by atoms with Crippen LogP contribution in [-0.4, -0.2) is 54.5 Å². The minimum atomic E-state index is -4.32. The number of rotatable bonds is 37. The molecule has 0 aliphatic rings. The Balaban J connectivity index is 4.29. The van der Waals surface area contributed by atoms with Crippen LogP contribution in [0.3, 0.4) is 0 Å². The molecule has 0 radical (unpaired) electrons. The first-order valence-electron chi connectivity index (χ1n) is 19.9. The van der Waals surface area contributed by atoms with Crippen LogP contribution in [0.25, 0.3) is 0 Å². The summed E-state index contributed by atoms with van der Waals surface area (Å²) in [5.74, 6) is -0.425.